The van der Waals surface area contributed by atoms with Crippen LogP contribution in [0.2, 0.25) is 0 Å². The lowest BCUT2D eigenvalue weighted by Gasteiger charge is -2.34. The fourth-order valence-electron chi connectivity index (χ4n) is 2.74. The number of hydrogen-bond donors (Lipinski definition) is 1. The van der Waals surface area contributed by atoms with E-state index in [0.717, 1.165) is 12.5 Å². The Morgan fingerprint density at radius 2 is 1.80 bits per heavy atom. The maximum atomic E-state index is 6.16. The van der Waals surface area contributed by atoms with Crippen LogP contribution in [0, 0.1) is 11.3 Å². The van der Waals surface area contributed by atoms with Gasteiger partial charge in [0.2, 0.25) is 0 Å². The molecular formula is C13H28N2. The van der Waals surface area contributed by atoms with Gasteiger partial charge in [0.25, 0.3) is 0 Å². The van der Waals surface area contributed by atoms with Crippen LogP contribution in [0.3, 0.4) is 0 Å². The van der Waals surface area contributed by atoms with Crippen LogP contribution in [0.15, 0.2) is 0 Å². The highest BCUT2D eigenvalue weighted by Crippen LogP contribution is 2.24. The van der Waals surface area contributed by atoms with Gasteiger partial charge in [0.15, 0.2) is 0 Å². The van der Waals surface area contributed by atoms with E-state index in [-0.39, 0.29) is 0 Å². The molecule has 2 unspecified atom stereocenters. The van der Waals surface area contributed by atoms with Crippen LogP contribution in [0.1, 0.15) is 46.5 Å². The highest BCUT2D eigenvalue weighted by Gasteiger charge is 2.24. The summed E-state index contributed by atoms with van der Waals surface area (Å²) in [6.45, 7) is 9.23. The zero-order chi connectivity index (χ0) is 11.5. The van der Waals surface area contributed by atoms with Gasteiger partial charge in [0.05, 0.1) is 0 Å². The summed E-state index contributed by atoms with van der Waals surface area (Å²) in [5.41, 5.74) is 6.56. The van der Waals surface area contributed by atoms with Gasteiger partial charge in [0.1, 0.15) is 0 Å². The minimum atomic E-state index is 0.396. The van der Waals surface area contributed by atoms with Crippen LogP contribution in [-0.2, 0) is 0 Å². The van der Waals surface area contributed by atoms with Crippen LogP contribution in [0.4, 0.5) is 0 Å². The predicted molar refractivity (Wildman–Crippen MR) is 66.9 cm³/mol. The van der Waals surface area contributed by atoms with Crippen molar-refractivity contribution in [3.8, 4) is 0 Å². The second-order valence-corrected chi connectivity index (χ2v) is 6.47. The first-order valence-electron chi connectivity index (χ1n) is 6.32. The minimum absolute atomic E-state index is 0.396. The maximum Gasteiger partial charge on any atom is 0.00793 e. The summed E-state index contributed by atoms with van der Waals surface area (Å²) in [6.07, 6.45) is 5.27. The molecule has 0 heterocycles. The standard InChI is InChI=1S/C13H28N2/c1-13(2,3)10-15(4)9-11-7-5-6-8-12(11)14/h11-12H,5-10,14H2,1-4H3. The van der Waals surface area contributed by atoms with Crippen molar-refractivity contribution in [1.29, 1.82) is 0 Å². The monoisotopic (exact) mass is 212 g/mol. The van der Waals surface area contributed by atoms with Crippen molar-refractivity contribution in [2.24, 2.45) is 17.1 Å². The van der Waals surface area contributed by atoms with Gasteiger partial charge in [-0.1, -0.05) is 33.6 Å². The van der Waals surface area contributed by atoms with E-state index < -0.39 is 0 Å². The van der Waals surface area contributed by atoms with E-state index in [4.69, 9.17) is 5.73 Å². The summed E-state index contributed by atoms with van der Waals surface area (Å²) in [5, 5.41) is 0. The molecule has 1 aliphatic carbocycles. The molecule has 1 rings (SSSR count). The Kier molecular flexibility index (Phi) is 4.60. The maximum absolute atomic E-state index is 6.16. The highest BCUT2D eigenvalue weighted by molar-refractivity contribution is 4.80. The quantitative estimate of drug-likeness (QED) is 0.779. The second kappa shape index (κ2) is 5.31. The molecule has 0 aromatic carbocycles. The Bertz CT molecular complexity index is 183. The lowest BCUT2D eigenvalue weighted by molar-refractivity contribution is 0.168. The molecule has 1 fully saturated rings. The van der Waals surface area contributed by atoms with Crippen molar-refractivity contribution >= 4 is 0 Å². The number of nitrogens with zero attached hydrogens (tertiary/aromatic N) is 1. The van der Waals surface area contributed by atoms with Gasteiger partial charge in [-0.3, -0.25) is 0 Å². The summed E-state index contributed by atoms with van der Waals surface area (Å²) >= 11 is 0. The van der Waals surface area contributed by atoms with Gasteiger partial charge in [-0.2, -0.15) is 0 Å². The van der Waals surface area contributed by atoms with Crippen molar-refractivity contribution in [1.82, 2.24) is 4.90 Å². The Morgan fingerprint density at radius 1 is 1.20 bits per heavy atom. The van der Waals surface area contributed by atoms with Crippen LogP contribution >= 0.6 is 0 Å². The summed E-state index contributed by atoms with van der Waals surface area (Å²) in [7, 11) is 2.23. The summed E-state index contributed by atoms with van der Waals surface area (Å²) in [6, 6.07) is 0.446. The average Bonchev–Trinajstić information content (AvgIpc) is 2.05. The van der Waals surface area contributed by atoms with Crippen LogP contribution in [0.25, 0.3) is 0 Å². The number of nitrogens with two attached hydrogens (primary N) is 1. The highest BCUT2D eigenvalue weighted by atomic mass is 15.1. The van der Waals surface area contributed by atoms with E-state index in [9.17, 15) is 0 Å². The zero-order valence-corrected chi connectivity index (χ0v) is 10.9. The largest absolute Gasteiger partial charge is 0.327 e. The molecule has 1 saturated carbocycles. The fraction of sp³-hybridized carbons (Fsp3) is 1.00. The molecule has 0 bridgehead atoms. The van der Waals surface area contributed by atoms with Gasteiger partial charge in [0, 0.05) is 19.1 Å². The molecule has 0 aromatic heterocycles. The molecule has 2 N–H and O–H groups in total. The Labute approximate surface area is 95.2 Å². The molecule has 0 radical (unpaired) electrons. The zero-order valence-electron chi connectivity index (χ0n) is 10.9. The molecule has 90 valence electrons. The van der Waals surface area contributed by atoms with Gasteiger partial charge >= 0.3 is 0 Å². The molecule has 0 amide bonds. The third kappa shape index (κ3) is 4.98. The molecule has 0 saturated heterocycles. The first-order chi connectivity index (χ1) is 6.88. The SMILES string of the molecule is CN(CC1CCCCC1N)CC(C)(C)C. The minimum Gasteiger partial charge on any atom is -0.327 e. The smallest absolute Gasteiger partial charge is 0.00793 e. The number of hydrogen-bond acceptors (Lipinski definition) is 2. The molecule has 0 aromatic rings. The fourth-order valence-corrected chi connectivity index (χ4v) is 2.74. The van der Waals surface area contributed by atoms with E-state index in [2.05, 4.69) is 32.7 Å². The van der Waals surface area contributed by atoms with E-state index in [1.807, 2.05) is 0 Å². The third-order valence-corrected chi connectivity index (χ3v) is 3.26. The summed E-state index contributed by atoms with van der Waals surface area (Å²) in [4.78, 5) is 2.45. The average molecular weight is 212 g/mol. The van der Waals surface area contributed by atoms with E-state index in [1.54, 1.807) is 0 Å². The Hall–Kier alpha value is -0.0800. The van der Waals surface area contributed by atoms with Crippen LogP contribution in [0.5, 0.6) is 0 Å². The number of rotatable bonds is 3. The van der Waals surface area contributed by atoms with Crippen molar-refractivity contribution < 1.29 is 0 Å². The molecule has 2 nitrogen and oxygen atoms in total. The molecule has 2 atom stereocenters. The lowest BCUT2D eigenvalue weighted by atomic mass is 9.84. The molecule has 15 heavy (non-hydrogen) atoms. The topological polar surface area (TPSA) is 29.3 Å². The van der Waals surface area contributed by atoms with Crippen molar-refractivity contribution in [3.63, 3.8) is 0 Å². The molecule has 2 heteroatoms. The summed E-state index contributed by atoms with van der Waals surface area (Å²) in [5.74, 6) is 0.728. The van der Waals surface area contributed by atoms with E-state index >= 15 is 0 Å². The van der Waals surface area contributed by atoms with Crippen molar-refractivity contribution in [3.05, 3.63) is 0 Å². The lowest BCUT2D eigenvalue weighted by Crippen LogP contribution is -2.42. The van der Waals surface area contributed by atoms with Crippen LogP contribution in [-0.4, -0.2) is 31.1 Å². The second-order valence-electron chi connectivity index (χ2n) is 6.47. The first-order valence-corrected chi connectivity index (χ1v) is 6.32. The van der Waals surface area contributed by atoms with Crippen molar-refractivity contribution in [2.75, 3.05) is 20.1 Å². The van der Waals surface area contributed by atoms with Crippen LogP contribution < -0.4 is 5.73 Å². The first kappa shape index (κ1) is 13.0. The normalized spacial score (nSPS) is 28.4. The van der Waals surface area contributed by atoms with Crippen molar-refractivity contribution in [2.45, 2.75) is 52.5 Å². The molecule has 0 aliphatic heterocycles. The third-order valence-electron chi connectivity index (χ3n) is 3.26. The summed E-state index contributed by atoms with van der Waals surface area (Å²) < 4.78 is 0. The predicted octanol–water partition coefficient (Wildman–Crippen LogP) is 2.48. The molecular weight excluding hydrogens is 184 g/mol. The molecule has 1 aliphatic rings. The van der Waals surface area contributed by atoms with Gasteiger partial charge in [-0.25, -0.2) is 0 Å². The molecule has 0 spiro atoms. The van der Waals surface area contributed by atoms with E-state index in [1.165, 1.54) is 32.2 Å². The van der Waals surface area contributed by atoms with Gasteiger partial charge in [-0.15, -0.1) is 0 Å². The Morgan fingerprint density at radius 3 is 2.33 bits per heavy atom. The Balaban J connectivity index is 2.33. The van der Waals surface area contributed by atoms with Gasteiger partial charge < -0.3 is 10.6 Å². The van der Waals surface area contributed by atoms with E-state index in [0.29, 0.717) is 11.5 Å². The van der Waals surface area contributed by atoms with Gasteiger partial charge in [-0.05, 0) is 31.2 Å².